The molecule has 0 aliphatic heterocycles. The first-order valence-corrected chi connectivity index (χ1v) is 11.6. The topological polar surface area (TPSA) is 20.2 Å². The summed E-state index contributed by atoms with van der Waals surface area (Å²) in [6.07, 6.45) is 0. The second kappa shape index (κ2) is 8.55. The third-order valence-corrected chi connectivity index (χ3v) is 6.84. The monoisotopic (exact) mass is 498 g/mol. The van der Waals surface area contributed by atoms with Gasteiger partial charge in [-0.2, -0.15) is 0 Å². The Kier molecular flexibility index (Phi) is 5.60. The van der Waals surface area contributed by atoms with Gasteiger partial charge < -0.3 is 5.11 Å². The van der Waals surface area contributed by atoms with Crippen LogP contribution in [0.5, 0.6) is 0 Å². The van der Waals surface area contributed by atoms with Crippen LogP contribution in [0.3, 0.4) is 0 Å². The van der Waals surface area contributed by atoms with Crippen molar-refractivity contribution in [2.45, 2.75) is 5.60 Å². The van der Waals surface area contributed by atoms with Gasteiger partial charge in [0.15, 0.2) is 0 Å². The molecule has 5 aromatic rings. The number of halogens is 2. The van der Waals surface area contributed by atoms with Gasteiger partial charge in [0, 0.05) is 15.1 Å². The smallest absolute Gasteiger partial charge is 0.141 e. The van der Waals surface area contributed by atoms with E-state index in [1.165, 1.54) is 0 Å². The fourth-order valence-corrected chi connectivity index (χ4v) is 5.03. The Hall–Kier alpha value is -2.91. The van der Waals surface area contributed by atoms with Gasteiger partial charge in [0.05, 0.1) is 0 Å². The molecule has 32 heavy (non-hydrogen) atoms. The highest BCUT2D eigenvalue weighted by molar-refractivity contribution is 9.10. The first kappa shape index (κ1) is 21.0. The van der Waals surface area contributed by atoms with E-state index in [-0.39, 0.29) is 0 Å². The minimum absolute atomic E-state index is 0.579. The van der Waals surface area contributed by atoms with Crippen LogP contribution in [0, 0.1) is 0 Å². The van der Waals surface area contributed by atoms with Crippen LogP contribution in [0.4, 0.5) is 0 Å². The normalized spacial score (nSPS) is 11.6. The van der Waals surface area contributed by atoms with Crippen LogP contribution >= 0.6 is 27.5 Å². The molecule has 0 unspecified atom stereocenters. The summed E-state index contributed by atoms with van der Waals surface area (Å²) in [4.78, 5) is 0. The molecule has 0 radical (unpaired) electrons. The molecule has 0 saturated carbocycles. The SMILES string of the molecule is OC(c1ccccc1)(c1ccccc1)c1cc(Cl)ccc1-c1ccc(Br)c2ccccc12. The van der Waals surface area contributed by atoms with Gasteiger partial charge in [-0.25, -0.2) is 0 Å². The van der Waals surface area contributed by atoms with Crippen LogP contribution in [0.15, 0.2) is 120 Å². The molecule has 5 aromatic carbocycles. The summed E-state index contributed by atoms with van der Waals surface area (Å²) in [5.74, 6) is 0. The maximum Gasteiger partial charge on any atom is 0.141 e. The maximum atomic E-state index is 12.5. The van der Waals surface area contributed by atoms with Crippen molar-refractivity contribution in [3.63, 3.8) is 0 Å². The molecule has 0 aliphatic carbocycles. The largest absolute Gasteiger partial charge is 0.376 e. The Morgan fingerprint density at radius 2 is 1.12 bits per heavy atom. The average Bonchev–Trinajstić information content (AvgIpc) is 2.85. The Balaban J connectivity index is 1.87. The zero-order valence-corrected chi connectivity index (χ0v) is 19.5. The highest BCUT2D eigenvalue weighted by Gasteiger charge is 2.36. The lowest BCUT2D eigenvalue weighted by atomic mass is 9.77. The summed E-state index contributed by atoms with van der Waals surface area (Å²) in [5, 5.41) is 15.3. The molecule has 1 nitrogen and oxygen atoms in total. The maximum absolute atomic E-state index is 12.5. The first-order valence-electron chi connectivity index (χ1n) is 10.4. The van der Waals surface area contributed by atoms with Crippen molar-refractivity contribution in [1.29, 1.82) is 0 Å². The fraction of sp³-hybridized carbons (Fsp3) is 0.0345. The minimum Gasteiger partial charge on any atom is -0.376 e. The van der Waals surface area contributed by atoms with E-state index in [9.17, 15) is 5.11 Å². The predicted molar refractivity (Wildman–Crippen MR) is 137 cm³/mol. The highest BCUT2D eigenvalue weighted by Crippen LogP contribution is 2.44. The molecule has 0 aliphatic rings. The van der Waals surface area contributed by atoms with E-state index in [4.69, 9.17) is 11.6 Å². The van der Waals surface area contributed by atoms with Gasteiger partial charge in [-0.1, -0.05) is 125 Å². The zero-order valence-electron chi connectivity index (χ0n) is 17.2. The quantitative estimate of drug-likeness (QED) is 0.247. The predicted octanol–water partition coefficient (Wildman–Crippen LogP) is 8.21. The van der Waals surface area contributed by atoms with Crippen LogP contribution in [0.25, 0.3) is 21.9 Å². The van der Waals surface area contributed by atoms with Gasteiger partial charge in [0.2, 0.25) is 0 Å². The lowest BCUT2D eigenvalue weighted by molar-refractivity contribution is 0.126. The van der Waals surface area contributed by atoms with Crippen molar-refractivity contribution in [3.8, 4) is 11.1 Å². The summed E-state index contributed by atoms with van der Waals surface area (Å²) >= 11 is 10.2. The van der Waals surface area contributed by atoms with Gasteiger partial charge in [-0.05, 0) is 51.2 Å². The Labute approximate surface area is 201 Å². The molecular weight excluding hydrogens is 480 g/mol. The van der Waals surface area contributed by atoms with Crippen LogP contribution in [0.1, 0.15) is 16.7 Å². The molecule has 0 amide bonds. The standard InChI is InChI=1S/C29H20BrClO/c30-28-18-17-24(23-13-7-8-14-26(23)28)25-16-15-22(31)19-27(25)29(32,20-9-3-1-4-10-20)21-11-5-2-6-12-21/h1-19,32H. The third-order valence-electron chi connectivity index (χ3n) is 5.92. The minimum atomic E-state index is -1.38. The fourth-order valence-electron chi connectivity index (χ4n) is 4.38. The van der Waals surface area contributed by atoms with Crippen LogP contribution in [0.2, 0.25) is 5.02 Å². The van der Waals surface area contributed by atoms with Crippen LogP contribution in [-0.2, 0) is 5.60 Å². The summed E-state index contributed by atoms with van der Waals surface area (Å²) in [6.45, 7) is 0. The molecule has 1 N–H and O–H groups in total. The van der Waals surface area contributed by atoms with E-state index in [0.29, 0.717) is 5.02 Å². The van der Waals surface area contributed by atoms with Gasteiger partial charge in [0.1, 0.15) is 5.60 Å². The lowest BCUT2D eigenvalue weighted by Gasteiger charge is -2.32. The molecule has 3 heteroatoms. The summed E-state index contributed by atoms with van der Waals surface area (Å²) in [5.41, 5.74) is 2.92. The number of hydrogen-bond donors (Lipinski definition) is 1. The van der Waals surface area contributed by atoms with Gasteiger partial charge in [-0.3, -0.25) is 0 Å². The second-order valence-corrected chi connectivity index (χ2v) is 9.06. The van der Waals surface area contributed by atoms with Crippen molar-refractivity contribution in [3.05, 3.63) is 141 Å². The molecule has 0 spiro atoms. The molecule has 0 aromatic heterocycles. The van der Waals surface area contributed by atoms with E-state index in [2.05, 4.69) is 40.2 Å². The summed E-state index contributed by atoms with van der Waals surface area (Å²) in [6, 6.07) is 37.7. The highest BCUT2D eigenvalue weighted by atomic mass is 79.9. The van der Waals surface area contributed by atoms with Crippen molar-refractivity contribution < 1.29 is 5.11 Å². The van der Waals surface area contributed by atoms with Crippen molar-refractivity contribution in [2.75, 3.05) is 0 Å². The molecule has 0 saturated heterocycles. The van der Waals surface area contributed by atoms with Crippen LogP contribution < -0.4 is 0 Å². The van der Waals surface area contributed by atoms with Crippen molar-refractivity contribution >= 4 is 38.3 Å². The Morgan fingerprint density at radius 1 is 0.594 bits per heavy atom. The van der Waals surface area contributed by atoms with E-state index in [1.54, 1.807) is 0 Å². The third kappa shape index (κ3) is 3.55. The average molecular weight is 500 g/mol. The first-order chi connectivity index (χ1) is 15.6. The summed E-state index contributed by atoms with van der Waals surface area (Å²) in [7, 11) is 0. The second-order valence-electron chi connectivity index (χ2n) is 7.77. The van der Waals surface area contributed by atoms with E-state index < -0.39 is 5.60 Å². The molecule has 156 valence electrons. The van der Waals surface area contributed by atoms with Crippen LogP contribution in [-0.4, -0.2) is 5.11 Å². The molecule has 0 fully saturated rings. The van der Waals surface area contributed by atoms with E-state index in [1.807, 2.05) is 91.0 Å². The number of rotatable bonds is 4. The van der Waals surface area contributed by atoms with E-state index >= 15 is 0 Å². The van der Waals surface area contributed by atoms with E-state index in [0.717, 1.165) is 43.1 Å². The van der Waals surface area contributed by atoms with Gasteiger partial charge in [-0.15, -0.1) is 0 Å². The lowest BCUT2D eigenvalue weighted by Crippen LogP contribution is -2.29. The van der Waals surface area contributed by atoms with Gasteiger partial charge >= 0.3 is 0 Å². The Morgan fingerprint density at radius 3 is 1.75 bits per heavy atom. The molecule has 0 bridgehead atoms. The summed E-state index contributed by atoms with van der Waals surface area (Å²) < 4.78 is 1.04. The zero-order chi connectivity index (χ0) is 22.1. The molecule has 0 heterocycles. The number of benzene rings is 5. The molecular formula is C29H20BrClO. The molecule has 0 atom stereocenters. The number of hydrogen-bond acceptors (Lipinski definition) is 1. The number of fused-ring (bicyclic) bond motifs is 1. The van der Waals surface area contributed by atoms with Crippen molar-refractivity contribution in [1.82, 2.24) is 0 Å². The van der Waals surface area contributed by atoms with Gasteiger partial charge in [0.25, 0.3) is 0 Å². The Bertz CT molecular complexity index is 1360. The number of aliphatic hydroxyl groups is 1. The van der Waals surface area contributed by atoms with Crippen molar-refractivity contribution in [2.24, 2.45) is 0 Å². The molecule has 5 rings (SSSR count).